The van der Waals surface area contributed by atoms with Crippen LogP contribution in [0.2, 0.25) is 0 Å². The number of aromatic nitrogens is 1. The van der Waals surface area contributed by atoms with Gasteiger partial charge in [0.15, 0.2) is 11.5 Å². The topological polar surface area (TPSA) is 107 Å². The minimum Gasteiger partial charge on any atom is -0.493 e. The Hall–Kier alpha value is -3.20. The number of nitrogens with one attached hydrogen (secondary N) is 1. The molecule has 158 valence electrons. The number of benzene rings is 1. The number of carboxylic acid groups (broad SMARTS) is 1. The maximum atomic E-state index is 12.7. The molecule has 2 heterocycles. The maximum absolute atomic E-state index is 12.7. The lowest BCUT2D eigenvalue weighted by Crippen LogP contribution is -2.21. The lowest BCUT2D eigenvalue weighted by atomic mass is 10.0. The Morgan fingerprint density at radius 2 is 1.93 bits per heavy atom. The Kier molecular flexibility index (Phi) is 6.83. The smallest absolute Gasteiger partial charge is 0.304 e. The van der Waals surface area contributed by atoms with Gasteiger partial charge in [-0.3, -0.25) is 14.6 Å². The Bertz CT molecular complexity index is 991. The molecule has 8 nitrogen and oxygen atoms in total. The van der Waals surface area contributed by atoms with E-state index < -0.39 is 5.97 Å². The van der Waals surface area contributed by atoms with E-state index >= 15 is 0 Å². The predicted octanol–water partition coefficient (Wildman–Crippen LogP) is 3.33. The summed E-state index contributed by atoms with van der Waals surface area (Å²) in [7, 11) is 4.60. The molecule has 1 unspecified atom stereocenters. The molecule has 0 fully saturated rings. The molecule has 2 N–H and O–H groups in total. The lowest BCUT2D eigenvalue weighted by molar-refractivity contribution is -0.136. The van der Waals surface area contributed by atoms with E-state index in [9.17, 15) is 9.59 Å². The Morgan fingerprint density at radius 3 is 2.60 bits per heavy atom. The molecule has 9 heteroatoms. The van der Waals surface area contributed by atoms with Crippen molar-refractivity contribution >= 4 is 23.6 Å². The summed E-state index contributed by atoms with van der Waals surface area (Å²) in [5, 5.41) is 12.3. The number of allylic oxidation sites excluding steroid dienone is 1. The van der Waals surface area contributed by atoms with Gasteiger partial charge in [0.05, 0.1) is 38.3 Å². The van der Waals surface area contributed by atoms with Gasteiger partial charge < -0.3 is 24.6 Å². The van der Waals surface area contributed by atoms with Crippen LogP contribution in [-0.2, 0) is 4.79 Å². The number of amides is 1. The third-order valence-electron chi connectivity index (χ3n) is 4.51. The average Bonchev–Trinajstić information content (AvgIpc) is 3.18. The van der Waals surface area contributed by atoms with Gasteiger partial charge in [-0.2, -0.15) is 0 Å². The molecular formula is C21H22N2O6S. The van der Waals surface area contributed by atoms with Crippen molar-refractivity contribution in [1.82, 2.24) is 10.3 Å². The standard InChI is InChI=1S/C21H22N2O6S/c1-27-16-6-5-15(19(28-2)20(16)29-3)12-8-13(11-22-10-12)21(26)23-17-7-4-14(30-17)9-18(24)25/h5-8,10-11,14H,4,9H2,1-3H3,(H,23,26)(H,24,25). The van der Waals surface area contributed by atoms with Crippen LogP contribution in [0.15, 0.2) is 41.7 Å². The molecule has 0 saturated carbocycles. The first-order chi connectivity index (χ1) is 14.5. The zero-order chi connectivity index (χ0) is 21.7. The second kappa shape index (κ2) is 9.53. The lowest BCUT2D eigenvalue weighted by Gasteiger charge is -2.16. The van der Waals surface area contributed by atoms with Gasteiger partial charge in [-0.05, 0) is 24.6 Å². The van der Waals surface area contributed by atoms with Gasteiger partial charge in [-0.15, -0.1) is 11.8 Å². The second-order valence-corrected chi connectivity index (χ2v) is 7.78. The van der Waals surface area contributed by atoms with Crippen LogP contribution >= 0.6 is 11.8 Å². The van der Waals surface area contributed by atoms with Crippen molar-refractivity contribution in [2.24, 2.45) is 0 Å². The summed E-state index contributed by atoms with van der Waals surface area (Å²) in [5.41, 5.74) is 1.75. The number of aliphatic carboxylic acids is 1. The van der Waals surface area contributed by atoms with E-state index in [1.54, 1.807) is 25.4 Å². The highest BCUT2D eigenvalue weighted by Crippen LogP contribution is 2.44. The van der Waals surface area contributed by atoms with E-state index in [1.165, 1.54) is 32.2 Å². The molecule has 2 aromatic rings. The minimum absolute atomic E-state index is 0.0523. The highest BCUT2D eigenvalue weighted by Gasteiger charge is 2.23. The number of nitrogens with zero attached hydrogens (tertiary/aromatic N) is 1. The maximum Gasteiger partial charge on any atom is 0.304 e. The zero-order valence-corrected chi connectivity index (χ0v) is 17.6. The molecule has 1 aliphatic rings. The molecule has 0 aliphatic carbocycles. The van der Waals surface area contributed by atoms with E-state index in [0.29, 0.717) is 45.4 Å². The Balaban J connectivity index is 1.82. The van der Waals surface area contributed by atoms with Crippen molar-refractivity contribution in [3.05, 3.63) is 47.3 Å². The molecule has 0 saturated heterocycles. The van der Waals surface area contributed by atoms with E-state index in [1.807, 2.05) is 12.1 Å². The zero-order valence-electron chi connectivity index (χ0n) is 16.8. The van der Waals surface area contributed by atoms with Gasteiger partial charge in [-0.25, -0.2) is 0 Å². The van der Waals surface area contributed by atoms with Crippen LogP contribution in [-0.4, -0.2) is 48.5 Å². The van der Waals surface area contributed by atoms with Crippen LogP contribution < -0.4 is 19.5 Å². The molecule has 1 atom stereocenters. The first-order valence-electron chi connectivity index (χ1n) is 9.11. The molecule has 0 spiro atoms. The number of thioether (sulfide) groups is 1. The third kappa shape index (κ3) is 4.68. The van der Waals surface area contributed by atoms with Gasteiger partial charge in [-0.1, -0.05) is 6.08 Å². The minimum atomic E-state index is -0.853. The fourth-order valence-electron chi connectivity index (χ4n) is 3.14. The van der Waals surface area contributed by atoms with Gasteiger partial charge in [0.25, 0.3) is 5.91 Å². The number of hydrogen-bond acceptors (Lipinski definition) is 7. The molecule has 3 rings (SSSR count). The van der Waals surface area contributed by atoms with Crippen LogP contribution in [0, 0.1) is 0 Å². The number of rotatable bonds is 8. The summed E-state index contributed by atoms with van der Waals surface area (Å²) in [6.07, 6.45) is 5.60. The van der Waals surface area contributed by atoms with Gasteiger partial charge in [0.1, 0.15) is 0 Å². The van der Waals surface area contributed by atoms with Gasteiger partial charge in [0.2, 0.25) is 5.75 Å². The largest absolute Gasteiger partial charge is 0.493 e. The van der Waals surface area contributed by atoms with Crippen molar-refractivity contribution in [2.75, 3.05) is 21.3 Å². The normalized spacial score (nSPS) is 15.3. The van der Waals surface area contributed by atoms with Crippen molar-refractivity contribution in [1.29, 1.82) is 0 Å². The summed E-state index contributed by atoms with van der Waals surface area (Å²) in [6, 6.07) is 5.28. The van der Waals surface area contributed by atoms with E-state index in [0.717, 1.165) is 0 Å². The first-order valence-corrected chi connectivity index (χ1v) is 9.99. The molecule has 1 aromatic carbocycles. The predicted molar refractivity (Wildman–Crippen MR) is 113 cm³/mol. The Morgan fingerprint density at radius 1 is 1.17 bits per heavy atom. The SMILES string of the molecule is COc1ccc(-c2cncc(C(=O)NC3=CCC(CC(=O)O)S3)c2)c(OC)c1OC. The molecule has 1 aromatic heterocycles. The number of ether oxygens (including phenoxy) is 3. The molecule has 1 amide bonds. The molecular weight excluding hydrogens is 408 g/mol. The molecule has 30 heavy (non-hydrogen) atoms. The molecule has 0 radical (unpaired) electrons. The monoisotopic (exact) mass is 430 g/mol. The average molecular weight is 430 g/mol. The van der Waals surface area contributed by atoms with Crippen LogP contribution in [0.4, 0.5) is 0 Å². The number of carboxylic acids is 1. The van der Waals surface area contributed by atoms with Crippen LogP contribution in [0.25, 0.3) is 11.1 Å². The Labute approximate surface area is 178 Å². The summed E-state index contributed by atoms with van der Waals surface area (Å²) in [5.74, 6) is 0.278. The molecule has 1 aliphatic heterocycles. The summed E-state index contributed by atoms with van der Waals surface area (Å²) in [6.45, 7) is 0. The van der Waals surface area contributed by atoms with Crippen molar-refractivity contribution in [3.63, 3.8) is 0 Å². The quantitative estimate of drug-likeness (QED) is 0.657. The van der Waals surface area contributed by atoms with Crippen LogP contribution in [0.1, 0.15) is 23.2 Å². The molecule has 0 bridgehead atoms. The van der Waals surface area contributed by atoms with E-state index in [-0.39, 0.29) is 17.6 Å². The number of pyridine rings is 1. The number of hydrogen-bond donors (Lipinski definition) is 2. The third-order valence-corrected chi connectivity index (χ3v) is 5.73. The van der Waals surface area contributed by atoms with E-state index in [2.05, 4.69) is 10.3 Å². The van der Waals surface area contributed by atoms with Gasteiger partial charge >= 0.3 is 5.97 Å². The second-order valence-electron chi connectivity index (χ2n) is 6.44. The van der Waals surface area contributed by atoms with E-state index in [4.69, 9.17) is 19.3 Å². The fourth-order valence-corrected chi connectivity index (χ4v) is 4.26. The summed E-state index contributed by atoms with van der Waals surface area (Å²) < 4.78 is 16.3. The highest BCUT2D eigenvalue weighted by molar-refractivity contribution is 8.03. The number of carbonyl (C=O) groups is 2. The number of methoxy groups -OCH3 is 3. The summed E-state index contributed by atoms with van der Waals surface area (Å²) >= 11 is 1.36. The first kappa shape index (κ1) is 21.5. The highest BCUT2D eigenvalue weighted by atomic mass is 32.2. The van der Waals surface area contributed by atoms with Crippen LogP contribution in [0.5, 0.6) is 17.2 Å². The van der Waals surface area contributed by atoms with Crippen LogP contribution in [0.3, 0.4) is 0 Å². The van der Waals surface area contributed by atoms with Crippen molar-refractivity contribution < 1.29 is 28.9 Å². The number of carbonyl (C=O) groups excluding carboxylic acids is 1. The van der Waals surface area contributed by atoms with Crippen molar-refractivity contribution in [3.8, 4) is 28.4 Å². The fraction of sp³-hybridized carbons (Fsp3) is 0.286. The van der Waals surface area contributed by atoms with Crippen molar-refractivity contribution in [2.45, 2.75) is 18.1 Å². The summed E-state index contributed by atoms with van der Waals surface area (Å²) in [4.78, 5) is 27.7. The van der Waals surface area contributed by atoms with Gasteiger partial charge in [0, 0.05) is 28.8 Å².